The summed E-state index contributed by atoms with van der Waals surface area (Å²) in [5, 5.41) is 8.76. The van der Waals surface area contributed by atoms with Crippen LogP contribution in [0.1, 0.15) is 38.4 Å². The van der Waals surface area contributed by atoms with Gasteiger partial charge in [-0.2, -0.15) is 0 Å². The molecule has 0 aromatic carbocycles. The van der Waals surface area contributed by atoms with E-state index in [-0.39, 0.29) is 0 Å². The van der Waals surface area contributed by atoms with Gasteiger partial charge in [0.15, 0.2) is 5.65 Å². The Morgan fingerprint density at radius 3 is 2.88 bits per heavy atom. The second-order valence-electron chi connectivity index (χ2n) is 3.85. The molecule has 2 rings (SSSR count). The fraction of sp³-hybridized carbons (Fsp3) is 0.545. The van der Waals surface area contributed by atoms with Crippen LogP contribution in [0.25, 0.3) is 5.65 Å². The topological polar surface area (TPSA) is 43.1 Å². The van der Waals surface area contributed by atoms with Gasteiger partial charge in [-0.05, 0) is 6.42 Å². The third-order valence-corrected chi connectivity index (χ3v) is 2.86. The van der Waals surface area contributed by atoms with Crippen LogP contribution in [0.3, 0.4) is 0 Å². The van der Waals surface area contributed by atoms with E-state index in [2.05, 4.69) is 22.1 Å². The lowest BCUT2D eigenvalue weighted by atomic mass is 10.1. The van der Waals surface area contributed by atoms with Crippen molar-refractivity contribution in [3.63, 3.8) is 0 Å². The molecule has 0 N–H and O–H groups in total. The summed E-state index contributed by atoms with van der Waals surface area (Å²) in [5.41, 5.74) is 0.720. The number of unbranched alkanes of at least 4 members (excludes halogenated alkanes) is 3. The third-order valence-electron chi connectivity index (χ3n) is 2.59. The fourth-order valence-corrected chi connectivity index (χ4v) is 1.98. The second kappa shape index (κ2) is 5.25. The van der Waals surface area contributed by atoms with Crippen LogP contribution < -0.4 is 0 Å². The molecule has 0 atom stereocenters. The average Bonchev–Trinajstić information content (AvgIpc) is 2.69. The summed E-state index contributed by atoms with van der Waals surface area (Å²) < 4.78 is 1.86. The monoisotopic (exact) mass is 238 g/mol. The van der Waals surface area contributed by atoms with Gasteiger partial charge in [0.05, 0.1) is 12.4 Å². The summed E-state index contributed by atoms with van der Waals surface area (Å²) in [5.74, 6) is 0.929. The van der Waals surface area contributed by atoms with Crippen LogP contribution in [0.15, 0.2) is 12.4 Å². The van der Waals surface area contributed by atoms with Crippen molar-refractivity contribution in [1.29, 1.82) is 0 Å². The molecule has 0 aliphatic rings. The maximum absolute atomic E-state index is 6.06. The SMILES string of the molecule is CCCCCCc1nnc2cncc(Cl)n12. The summed E-state index contributed by atoms with van der Waals surface area (Å²) in [4.78, 5) is 3.98. The van der Waals surface area contributed by atoms with E-state index in [1.165, 1.54) is 19.3 Å². The van der Waals surface area contributed by atoms with E-state index < -0.39 is 0 Å². The van der Waals surface area contributed by atoms with Crippen LogP contribution in [0, 0.1) is 0 Å². The Morgan fingerprint density at radius 2 is 2.06 bits per heavy atom. The summed E-state index contributed by atoms with van der Waals surface area (Å²) in [6.07, 6.45) is 9.09. The van der Waals surface area contributed by atoms with Crippen LogP contribution in [0.5, 0.6) is 0 Å². The first kappa shape index (κ1) is 11.3. The number of hydrogen-bond donors (Lipinski definition) is 0. The Kier molecular flexibility index (Phi) is 3.72. The molecule has 2 aromatic heterocycles. The molecule has 0 saturated carbocycles. The zero-order valence-electron chi connectivity index (χ0n) is 9.36. The van der Waals surface area contributed by atoms with Crippen molar-refractivity contribution in [2.45, 2.75) is 39.0 Å². The minimum Gasteiger partial charge on any atom is -0.266 e. The van der Waals surface area contributed by atoms with E-state index in [9.17, 15) is 0 Å². The van der Waals surface area contributed by atoms with Gasteiger partial charge in [0.1, 0.15) is 11.0 Å². The molecule has 0 saturated heterocycles. The van der Waals surface area contributed by atoms with Gasteiger partial charge >= 0.3 is 0 Å². The second-order valence-corrected chi connectivity index (χ2v) is 4.24. The zero-order chi connectivity index (χ0) is 11.4. The Hall–Kier alpha value is -1.16. The lowest BCUT2D eigenvalue weighted by molar-refractivity contribution is 0.649. The van der Waals surface area contributed by atoms with Crippen LogP contribution >= 0.6 is 11.6 Å². The highest BCUT2D eigenvalue weighted by Crippen LogP contribution is 2.13. The molecular weight excluding hydrogens is 224 g/mol. The predicted molar refractivity (Wildman–Crippen MR) is 63.6 cm³/mol. The van der Waals surface area contributed by atoms with Crippen molar-refractivity contribution < 1.29 is 0 Å². The lowest BCUT2D eigenvalue weighted by Crippen LogP contribution is -1.97. The highest BCUT2D eigenvalue weighted by molar-refractivity contribution is 6.29. The Morgan fingerprint density at radius 1 is 1.19 bits per heavy atom. The first-order valence-corrected chi connectivity index (χ1v) is 6.04. The normalized spacial score (nSPS) is 11.1. The molecule has 5 heteroatoms. The first-order chi connectivity index (χ1) is 7.83. The van der Waals surface area contributed by atoms with E-state index in [0.717, 1.165) is 24.3 Å². The van der Waals surface area contributed by atoms with Gasteiger partial charge in [-0.25, -0.2) is 0 Å². The molecule has 0 spiro atoms. The number of hydrogen-bond acceptors (Lipinski definition) is 3. The van der Waals surface area contributed by atoms with Crippen molar-refractivity contribution >= 4 is 17.2 Å². The van der Waals surface area contributed by atoms with E-state index >= 15 is 0 Å². The molecule has 16 heavy (non-hydrogen) atoms. The number of rotatable bonds is 5. The van der Waals surface area contributed by atoms with Crippen molar-refractivity contribution in [2.24, 2.45) is 0 Å². The third kappa shape index (κ3) is 2.32. The molecule has 2 aromatic rings. The van der Waals surface area contributed by atoms with Gasteiger partial charge in [0, 0.05) is 6.42 Å². The van der Waals surface area contributed by atoms with Crippen LogP contribution in [0.2, 0.25) is 5.15 Å². The first-order valence-electron chi connectivity index (χ1n) is 5.66. The van der Waals surface area contributed by atoms with Gasteiger partial charge in [-0.3, -0.25) is 9.38 Å². The summed E-state index contributed by atoms with van der Waals surface area (Å²) in [6.45, 7) is 2.20. The number of aromatic nitrogens is 4. The maximum Gasteiger partial charge on any atom is 0.180 e. The molecule has 0 aliphatic heterocycles. The Labute approximate surface area is 99.7 Å². The highest BCUT2D eigenvalue weighted by Gasteiger charge is 2.07. The molecule has 0 unspecified atom stereocenters. The summed E-state index contributed by atoms with van der Waals surface area (Å²) >= 11 is 6.06. The molecule has 0 aliphatic carbocycles. The van der Waals surface area contributed by atoms with Gasteiger partial charge in [0.2, 0.25) is 0 Å². The minimum absolute atomic E-state index is 0.577. The summed E-state index contributed by atoms with van der Waals surface area (Å²) in [7, 11) is 0. The largest absolute Gasteiger partial charge is 0.266 e. The molecule has 0 amide bonds. The molecular formula is C11H15ClN4. The van der Waals surface area contributed by atoms with Crippen LogP contribution in [0.4, 0.5) is 0 Å². The highest BCUT2D eigenvalue weighted by atomic mass is 35.5. The van der Waals surface area contributed by atoms with Gasteiger partial charge in [0.25, 0.3) is 0 Å². The zero-order valence-corrected chi connectivity index (χ0v) is 10.1. The predicted octanol–water partition coefficient (Wildman–Crippen LogP) is 2.90. The van der Waals surface area contributed by atoms with E-state index in [4.69, 9.17) is 11.6 Å². The number of nitrogens with zero attached hydrogens (tertiary/aromatic N) is 4. The maximum atomic E-state index is 6.06. The van der Waals surface area contributed by atoms with Crippen molar-refractivity contribution in [3.05, 3.63) is 23.4 Å². The Balaban J connectivity index is 2.12. The van der Waals surface area contributed by atoms with Crippen LogP contribution in [-0.2, 0) is 6.42 Å². The average molecular weight is 239 g/mol. The quantitative estimate of drug-likeness (QED) is 0.753. The van der Waals surface area contributed by atoms with Gasteiger partial charge in [-0.1, -0.05) is 37.8 Å². The molecule has 0 bridgehead atoms. The van der Waals surface area contributed by atoms with E-state index in [1.54, 1.807) is 12.4 Å². The van der Waals surface area contributed by atoms with Crippen molar-refractivity contribution in [2.75, 3.05) is 0 Å². The molecule has 4 nitrogen and oxygen atoms in total. The smallest absolute Gasteiger partial charge is 0.180 e. The molecule has 2 heterocycles. The fourth-order valence-electron chi connectivity index (χ4n) is 1.74. The van der Waals surface area contributed by atoms with Crippen molar-refractivity contribution in [1.82, 2.24) is 19.6 Å². The number of aryl methyl sites for hydroxylation is 1. The minimum atomic E-state index is 0.577. The van der Waals surface area contributed by atoms with Gasteiger partial charge < -0.3 is 0 Å². The summed E-state index contributed by atoms with van der Waals surface area (Å²) in [6, 6.07) is 0. The van der Waals surface area contributed by atoms with E-state index in [1.807, 2.05) is 4.40 Å². The van der Waals surface area contributed by atoms with E-state index in [0.29, 0.717) is 5.15 Å². The number of fused-ring (bicyclic) bond motifs is 1. The molecule has 0 radical (unpaired) electrons. The number of halogens is 1. The van der Waals surface area contributed by atoms with Gasteiger partial charge in [-0.15, -0.1) is 10.2 Å². The van der Waals surface area contributed by atoms with Crippen molar-refractivity contribution in [3.8, 4) is 0 Å². The molecule has 86 valence electrons. The van der Waals surface area contributed by atoms with Crippen LogP contribution in [-0.4, -0.2) is 19.6 Å². The standard InChI is InChI=1S/C11H15ClN4/c1-2-3-4-5-6-10-14-15-11-8-13-7-9(12)16(10)11/h7-8H,2-6H2,1H3. The molecule has 0 fully saturated rings. The lowest BCUT2D eigenvalue weighted by Gasteiger charge is -2.01. The Bertz CT molecular complexity index is 466.